The molecular formula is C36H50O12. The fourth-order valence-electron chi connectivity index (χ4n) is 8.96. The summed E-state index contributed by atoms with van der Waals surface area (Å²) in [7, 11) is 0. The largest absolute Gasteiger partial charge is 0.465 e. The van der Waals surface area contributed by atoms with Crippen molar-refractivity contribution in [3.05, 3.63) is 0 Å². The van der Waals surface area contributed by atoms with Crippen LogP contribution in [0, 0.1) is 35.5 Å². The summed E-state index contributed by atoms with van der Waals surface area (Å²) in [5.74, 6) is -4.51. The van der Waals surface area contributed by atoms with Crippen LogP contribution in [0.2, 0.25) is 0 Å². The lowest BCUT2D eigenvalue weighted by molar-refractivity contribution is -0.197. The fraction of sp³-hybridized carbons (Fsp3) is 0.889. The van der Waals surface area contributed by atoms with Crippen molar-refractivity contribution >= 4 is 23.9 Å². The van der Waals surface area contributed by atoms with Crippen LogP contribution in [0.1, 0.15) is 89.9 Å². The minimum atomic E-state index is -1.25. The average molecular weight is 675 g/mol. The third kappa shape index (κ3) is 8.02. The molecule has 2 bridgehead atoms. The van der Waals surface area contributed by atoms with Gasteiger partial charge in [-0.1, -0.05) is 0 Å². The van der Waals surface area contributed by atoms with Crippen molar-refractivity contribution in [3.63, 3.8) is 0 Å². The van der Waals surface area contributed by atoms with Gasteiger partial charge in [-0.15, -0.1) is 0 Å². The molecule has 5 saturated heterocycles. The van der Waals surface area contributed by atoms with Crippen molar-refractivity contribution in [1.29, 1.82) is 0 Å². The van der Waals surface area contributed by atoms with Gasteiger partial charge in [0.2, 0.25) is 0 Å². The van der Waals surface area contributed by atoms with Gasteiger partial charge in [-0.3, -0.25) is 19.2 Å². The Labute approximate surface area is 281 Å². The van der Waals surface area contributed by atoms with Crippen molar-refractivity contribution in [2.45, 2.75) is 139 Å². The first-order valence-electron chi connectivity index (χ1n) is 18.6. The van der Waals surface area contributed by atoms with Crippen LogP contribution in [0.3, 0.4) is 0 Å². The SMILES string of the molecule is O=C(CC(C(=O)OCC1CCC2OC2C1)C(CC(=O)OCC1CCC2CC1O2)C(=O)OCC1CCC2OC2C1)OCC1CCC2OC2C1. The van der Waals surface area contributed by atoms with Crippen LogP contribution in [0.5, 0.6) is 0 Å². The predicted octanol–water partition coefficient (Wildman–Crippen LogP) is 3.44. The van der Waals surface area contributed by atoms with E-state index < -0.39 is 42.1 Å². The zero-order valence-corrected chi connectivity index (χ0v) is 27.7. The van der Waals surface area contributed by atoms with Crippen LogP contribution in [-0.4, -0.2) is 99.1 Å². The van der Waals surface area contributed by atoms with Crippen LogP contribution in [0.4, 0.5) is 0 Å². The smallest absolute Gasteiger partial charge is 0.310 e. The molecule has 5 aliphatic heterocycles. The zero-order chi connectivity index (χ0) is 32.8. The number of rotatable bonds is 15. The zero-order valence-electron chi connectivity index (χ0n) is 27.7. The molecule has 12 heteroatoms. The van der Waals surface area contributed by atoms with Crippen LogP contribution in [0.15, 0.2) is 0 Å². The van der Waals surface area contributed by atoms with Crippen LogP contribution in [0.25, 0.3) is 0 Å². The lowest BCUT2D eigenvalue weighted by Crippen LogP contribution is -2.49. The van der Waals surface area contributed by atoms with Gasteiger partial charge in [-0.25, -0.2) is 0 Å². The Hall–Kier alpha value is -2.28. The highest BCUT2D eigenvalue weighted by molar-refractivity contribution is 5.88. The summed E-state index contributed by atoms with van der Waals surface area (Å²) in [5.41, 5.74) is 0. The van der Waals surface area contributed by atoms with E-state index in [9.17, 15) is 19.2 Å². The molecule has 12 nitrogen and oxygen atoms in total. The van der Waals surface area contributed by atoms with Gasteiger partial charge >= 0.3 is 23.9 Å². The molecule has 0 aromatic heterocycles. The fourth-order valence-corrected chi connectivity index (χ4v) is 8.96. The summed E-state index contributed by atoms with van der Waals surface area (Å²) in [6, 6.07) is 0. The Kier molecular flexibility index (Phi) is 9.70. The average Bonchev–Trinajstić information content (AvgIpc) is 3.97. The summed E-state index contributed by atoms with van der Waals surface area (Å²) < 4.78 is 45.7. The Morgan fingerprint density at radius 2 is 0.896 bits per heavy atom. The molecule has 266 valence electrons. The lowest BCUT2D eigenvalue weighted by atomic mass is 9.80. The Bertz CT molecular complexity index is 1210. The maximum Gasteiger partial charge on any atom is 0.310 e. The second-order valence-electron chi connectivity index (χ2n) is 15.8. The molecule has 14 unspecified atom stereocenters. The summed E-state index contributed by atoms with van der Waals surface area (Å²) >= 11 is 0. The highest BCUT2D eigenvalue weighted by atomic mass is 16.6. The first-order chi connectivity index (χ1) is 23.3. The second-order valence-corrected chi connectivity index (χ2v) is 15.8. The molecule has 14 atom stereocenters. The third-order valence-corrected chi connectivity index (χ3v) is 12.3. The highest BCUT2D eigenvalue weighted by Gasteiger charge is 2.48. The minimum Gasteiger partial charge on any atom is -0.465 e. The standard InChI is InChI=1S/C36H50O12/c37-33(41-15-19-1-6-26-30(9-19)46-26)13-24(35(39)43-16-20-2-7-27-31(10-20)47-27)25(36(40)44-17-21-3-8-28-32(11-21)48-28)14-34(38)42-18-22-4-5-23-12-29(22)45-23/h19-32H,1-18H2. The summed E-state index contributed by atoms with van der Waals surface area (Å²) in [6.07, 6.45) is 12.1. The van der Waals surface area contributed by atoms with E-state index in [1.54, 1.807) is 0 Å². The molecule has 0 spiro atoms. The Morgan fingerprint density at radius 3 is 1.31 bits per heavy atom. The van der Waals surface area contributed by atoms with Crippen LogP contribution in [-0.2, 0) is 57.1 Å². The summed E-state index contributed by atoms with van der Waals surface area (Å²) in [6.45, 7) is 0.759. The monoisotopic (exact) mass is 674 g/mol. The van der Waals surface area contributed by atoms with Gasteiger partial charge in [0.05, 0.1) is 99.9 Å². The van der Waals surface area contributed by atoms with E-state index in [-0.39, 0.29) is 80.9 Å². The van der Waals surface area contributed by atoms with E-state index in [4.69, 9.17) is 37.9 Å². The van der Waals surface area contributed by atoms with E-state index in [1.807, 2.05) is 0 Å². The number of carbonyl (C=O) groups is 4. The van der Waals surface area contributed by atoms with E-state index in [2.05, 4.69) is 0 Å². The van der Waals surface area contributed by atoms with Crippen molar-refractivity contribution in [2.75, 3.05) is 26.4 Å². The maximum atomic E-state index is 13.8. The van der Waals surface area contributed by atoms with Crippen molar-refractivity contribution in [2.24, 2.45) is 35.5 Å². The van der Waals surface area contributed by atoms with Crippen molar-refractivity contribution in [3.8, 4) is 0 Å². The topological polar surface area (TPSA) is 152 Å². The van der Waals surface area contributed by atoms with E-state index >= 15 is 0 Å². The highest BCUT2D eigenvalue weighted by Crippen LogP contribution is 2.42. The molecule has 0 radical (unpaired) electrons. The number of ether oxygens (including phenoxy) is 8. The molecule has 4 saturated carbocycles. The van der Waals surface area contributed by atoms with Crippen molar-refractivity contribution in [1.82, 2.24) is 0 Å². The molecule has 9 rings (SSSR count). The number of fused-ring (bicyclic) bond motifs is 5. The van der Waals surface area contributed by atoms with E-state index in [1.165, 1.54) is 0 Å². The predicted molar refractivity (Wildman–Crippen MR) is 164 cm³/mol. The van der Waals surface area contributed by atoms with Gasteiger partial charge in [-0.2, -0.15) is 0 Å². The Morgan fingerprint density at radius 1 is 0.458 bits per heavy atom. The molecule has 5 heterocycles. The number of esters is 4. The van der Waals surface area contributed by atoms with Gasteiger partial charge in [0, 0.05) is 12.3 Å². The molecule has 9 fully saturated rings. The summed E-state index contributed by atoms with van der Waals surface area (Å²) in [5, 5.41) is 0. The maximum absolute atomic E-state index is 13.8. The van der Waals surface area contributed by atoms with E-state index in [0.29, 0.717) is 24.4 Å². The number of carbonyl (C=O) groups excluding carboxylic acids is 4. The first-order valence-corrected chi connectivity index (χ1v) is 18.6. The van der Waals surface area contributed by atoms with Gasteiger partial charge < -0.3 is 37.9 Å². The number of epoxide rings is 3. The first kappa shape index (κ1) is 32.9. The third-order valence-electron chi connectivity index (χ3n) is 12.3. The molecule has 0 aromatic carbocycles. The van der Waals surface area contributed by atoms with Gasteiger partial charge in [0.25, 0.3) is 0 Å². The van der Waals surface area contributed by atoms with Crippen molar-refractivity contribution < 1.29 is 57.1 Å². The number of hydrogen-bond donors (Lipinski definition) is 0. The van der Waals surface area contributed by atoms with Crippen LogP contribution >= 0.6 is 0 Å². The molecule has 0 N–H and O–H groups in total. The molecule has 4 aliphatic carbocycles. The molecular weight excluding hydrogens is 624 g/mol. The minimum absolute atomic E-state index is 0.0954. The molecule has 0 amide bonds. The lowest BCUT2D eigenvalue weighted by Gasteiger charge is -2.46. The second kappa shape index (κ2) is 14.2. The normalized spacial score (nSPS) is 41.1. The quantitative estimate of drug-likeness (QED) is 0.142. The molecule has 0 aromatic rings. The van der Waals surface area contributed by atoms with Gasteiger partial charge in [-0.05, 0) is 88.4 Å². The number of hydrogen-bond acceptors (Lipinski definition) is 12. The Balaban J connectivity index is 0.930. The molecule has 48 heavy (non-hydrogen) atoms. The van der Waals surface area contributed by atoms with E-state index in [0.717, 1.165) is 77.0 Å². The summed E-state index contributed by atoms with van der Waals surface area (Å²) in [4.78, 5) is 54.3. The van der Waals surface area contributed by atoms with Gasteiger partial charge in [0.1, 0.15) is 0 Å². The molecule has 9 aliphatic rings. The van der Waals surface area contributed by atoms with Crippen LogP contribution < -0.4 is 0 Å². The van der Waals surface area contributed by atoms with Gasteiger partial charge in [0.15, 0.2) is 0 Å².